The number of aromatic hydroxyl groups is 1. The van der Waals surface area contributed by atoms with Crippen LogP contribution >= 0.6 is 0 Å². The number of carboxylic acids is 2. The molecule has 0 unspecified atom stereocenters. The number of nitrogens with zero attached hydrogens (tertiary/aromatic N) is 3. The lowest BCUT2D eigenvalue weighted by atomic mass is 9.96. The van der Waals surface area contributed by atoms with Gasteiger partial charge < -0.3 is 68.2 Å². The fourth-order valence-corrected chi connectivity index (χ4v) is 7.75. The number of carbonyl (C=O) groups excluding carboxylic acids is 8. The maximum absolute atomic E-state index is 14.4. The molecule has 2 aliphatic rings. The molecule has 0 radical (unpaired) electrons. The van der Waals surface area contributed by atoms with Gasteiger partial charge in [-0.1, -0.05) is 32.4 Å². The minimum absolute atomic E-state index is 0.0151. The molecule has 2 saturated heterocycles. The van der Waals surface area contributed by atoms with E-state index in [1.54, 1.807) is 13.8 Å². The number of phenolic OH excluding ortho intramolecular Hbond substituents is 1. The molecule has 4 rings (SSSR count). The zero-order valence-electron chi connectivity index (χ0n) is 36.9. The minimum Gasteiger partial charge on any atom is -0.508 e. The predicted molar refractivity (Wildman–Crippen MR) is 230 cm³/mol. The highest BCUT2D eigenvalue weighted by Gasteiger charge is 2.43. The van der Waals surface area contributed by atoms with E-state index in [1.807, 2.05) is 0 Å². The van der Waals surface area contributed by atoms with Crippen molar-refractivity contribution in [3.63, 3.8) is 0 Å². The third-order valence-electron chi connectivity index (χ3n) is 11.6. The van der Waals surface area contributed by atoms with Crippen LogP contribution in [-0.2, 0) is 60.8 Å². The summed E-state index contributed by atoms with van der Waals surface area (Å²) >= 11 is 0. The monoisotopic (exact) mass is 925 g/mol. The zero-order chi connectivity index (χ0) is 48.8. The van der Waals surface area contributed by atoms with E-state index >= 15 is 0 Å². The van der Waals surface area contributed by atoms with Crippen molar-refractivity contribution in [2.45, 2.75) is 127 Å². The van der Waals surface area contributed by atoms with Crippen molar-refractivity contribution < 1.29 is 63.3 Å². The predicted octanol–water partition coefficient (Wildman–Crippen LogP) is -2.87. The molecule has 0 spiro atoms. The van der Waals surface area contributed by atoms with Crippen LogP contribution in [0, 0.1) is 5.92 Å². The van der Waals surface area contributed by atoms with E-state index in [0.717, 1.165) is 0 Å². The Hall–Kier alpha value is -7.11. The number of amides is 8. The molecular formula is C42H59N11O13. The smallest absolute Gasteiger partial charge is 0.326 e. The average molecular weight is 926 g/mol. The van der Waals surface area contributed by atoms with Gasteiger partial charge >= 0.3 is 11.9 Å². The Balaban J connectivity index is 1.45. The fourth-order valence-electron chi connectivity index (χ4n) is 7.75. The van der Waals surface area contributed by atoms with Crippen LogP contribution in [0.1, 0.15) is 77.0 Å². The number of aliphatic carboxylic acids is 2. The SMILES string of the molecule is CC[C@H](C)[C@H](NC(=O)[C@@H]1CCCN1C(=O)[C@H](C)NC(=O)[C@H](CC(=O)O)NC(=O)[C@@H](N)Cc1cnc[nH]1)C(=O)N1CCC[C@H]1C(=O)N[C@@H](Cc1ccc(O)cc1)C(=O)N[C@@H](CC(N)=O)C(=O)O. The van der Waals surface area contributed by atoms with Gasteiger partial charge in [0.25, 0.3) is 0 Å². The molecule has 13 N–H and O–H groups in total. The number of carboxylic acid groups (broad SMARTS) is 2. The number of nitrogens with two attached hydrogens (primary N) is 2. The van der Waals surface area contributed by atoms with Gasteiger partial charge in [0.15, 0.2) is 0 Å². The molecule has 66 heavy (non-hydrogen) atoms. The first-order valence-corrected chi connectivity index (χ1v) is 21.6. The molecule has 24 heteroatoms. The number of carbonyl (C=O) groups is 10. The van der Waals surface area contributed by atoms with E-state index in [0.29, 0.717) is 30.5 Å². The summed E-state index contributed by atoms with van der Waals surface area (Å²) in [6.07, 6.45) is 2.68. The summed E-state index contributed by atoms with van der Waals surface area (Å²) in [5, 5.41) is 41.2. The van der Waals surface area contributed by atoms with Crippen molar-refractivity contribution in [3.05, 3.63) is 48.0 Å². The summed E-state index contributed by atoms with van der Waals surface area (Å²) in [4.78, 5) is 140. The molecule has 24 nitrogen and oxygen atoms in total. The Morgan fingerprint density at radius 3 is 1.88 bits per heavy atom. The first kappa shape index (κ1) is 51.5. The Morgan fingerprint density at radius 2 is 1.33 bits per heavy atom. The number of likely N-dealkylation sites (tertiary alicyclic amines) is 2. The van der Waals surface area contributed by atoms with Crippen molar-refractivity contribution in [1.82, 2.24) is 46.4 Å². The number of H-pyrrole nitrogens is 1. The van der Waals surface area contributed by atoms with Gasteiger partial charge in [-0.2, -0.15) is 0 Å². The number of aromatic nitrogens is 2. The molecule has 1 aromatic heterocycles. The number of aromatic amines is 1. The van der Waals surface area contributed by atoms with Crippen LogP contribution in [0.15, 0.2) is 36.8 Å². The second-order valence-corrected chi connectivity index (χ2v) is 16.5. The summed E-state index contributed by atoms with van der Waals surface area (Å²) in [7, 11) is 0. The largest absolute Gasteiger partial charge is 0.508 e. The van der Waals surface area contributed by atoms with E-state index in [4.69, 9.17) is 11.5 Å². The number of rotatable bonds is 23. The first-order valence-electron chi connectivity index (χ1n) is 21.6. The van der Waals surface area contributed by atoms with Crippen LogP contribution in [-0.4, -0.2) is 156 Å². The van der Waals surface area contributed by atoms with E-state index in [2.05, 4.69) is 36.6 Å². The van der Waals surface area contributed by atoms with E-state index in [9.17, 15) is 63.3 Å². The number of hydrogen-bond donors (Lipinski definition) is 11. The molecule has 0 saturated carbocycles. The average Bonchev–Trinajstić information content (AvgIpc) is 4.08. The summed E-state index contributed by atoms with van der Waals surface area (Å²) in [5.74, 6) is -9.95. The quantitative estimate of drug-likeness (QED) is 0.0534. The Kier molecular flexibility index (Phi) is 18.5. The second-order valence-electron chi connectivity index (χ2n) is 16.5. The molecular weight excluding hydrogens is 867 g/mol. The zero-order valence-corrected chi connectivity index (χ0v) is 36.9. The third kappa shape index (κ3) is 14.2. The molecule has 3 heterocycles. The number of benzene rings is 1. The maximum Gasteiger partial charge on any atom is 0.326 e. The van der Waals surface area contributed by atoms with Gasteiger partial charge in [-0.15, -0.1) is 0 Å². The van der Waals surface area contributed by atoms with Gasteiger partial charge in [-0.3, -0.25) is 43.2 Å². The van der Waals surface area contributed by atoms with Crippen LogP contribution in [0.4, 0.5) is 0 Å². The Morgan fingerprint density at radius 1 is 0.758 bits per heavy atom. The van der Waals surface area contributed by atoms with Crippen LogP contribution < -0.4 is 38.1 Å². The van der Waals surface area contributed by atoms with Gasteiger partial charge in [0, 0.05) is 37.8 Å². The highest BCUT2D eigenvalue weighted by atomic mass is 16.4. The molecule has 0 aliphatic carbocycles. The molecule has 0 bridgehead atoms. The van der Waals surface area contributed by atoms with Crippen LogP contribution in [0.2, 0.25) is 0 Å². The van der Waals surface area contributed by atoms with E-state index in [-0.39, 0.29) is 44.5 Å². The van der Waals surface area contributed by atoms with Crippen molar-refractivity contribution in [1.29, 1.82) is 0 Å². The van der Waals surface area contributed by atoms with Crippen molar-refractivity contribution >= 4 is 59.2 Å². The molecule has 2 fully saturated rings. The lowest BCUT2D eigenvalue weighted by Gasteiger charge is -2.34. The normalized spacial score (nSPS) is 18.9. The van der Waals surface area contributed by atoms with Crippen LogP contribution in [0.25, 0.3) is 0 Å². The highest BCUT2D eigenvalue weighted by molar-refractivity contribution is 5.99. The second kappa shape index (κ2) is 23.7. The lowest BCUT2D eigenvalue weighted by Crippen LogP contribution is -2.60. The van der Waals surface area contributed by atoms with Crippen molar-refractivity contribution in [2.75, 3.05) is 13.1 Å². The molecule has 360 valence electrons. The van der Waals surface area contributed by atoms with Gasteiger partial charge in [0.1, 0.15) is 48.0 Å². The van der Waals surface area contributed by atoms with Gasteiger partial charge in [-0.25, -0.2) is 9.78 Å². The third-order valence-corrected chi connectivity index (χ3v) is 11.6. The Labute approximate surface area is 379 Å². The summed E-state index contributed by atoms with van der Waals surface area (Å²) in [6, 6.07) is -4.85. The van der Waals surface area contributed by atoms with Crippen molar-refractivity contribution in [2.24, 2.45) is 17.4 Å². The van der Waals surface area contributed by atoms with Gasteiger partial charge in [-0.05, 0) is 56.2 Å². The number of hydrogen-bond acceptors (Lipinski definition) is 13. The molecule has 2 aliphatic heterocycles. The molecule has 8 amide bonds. The van der Waals surface area contributed by atoms with Crippen LogP contribution in [0.3, 0.4) is 0 Å². The number of nitrogens with one attached hydrogen (secondary N) is 6. The number of imidazole rings is 1. The Bertz CT molecular complexity index is 2100. The van der Waals surface area contributed by atoms with Gasteiger partial charge in [0.2, 0.25) is 47.3 Å². The van der Waals surface area contributed by atoms with Crippen molar-refractivity contribution in [3.8, 4) is 5.75 Å². The molecule has 9 atom stereocenters. The summed E-state index contributed by atoms with van der Waals surface area (Å²) < 4.78 is 0. The van der Waals surface area contributed by atoms with Gasteiger partial charge in [0.05, 0.1) is 25.2 Å². The summed E-state index contributed by atoms with van der Waals surface area (Å²) in [6.45, 7) is 5.08. The maximum atomic E-state index is 14.4. The highest BCUT2D eigenvalue weighted by Crippen LogP contribution is 2.24. The fraction of sp³-hybridized carbons (Fsp3) is 0.548. The first-order chi connectivity index (χ1) is 31.2. The topological polar surface area (TPSA) is 379 Å². The standard InChI is InChI=1S/C42H59N11O13/c1-4-21(2)34(41(64)53-14-6-7-30(53)38(61)49-27(15-23-9-11-25(54)12-10-23)37(60)50-29(42(65)66)17-32(44)55)51-39(62)31-8-5-13-52(31)40(63)22(3)47-36(59)28(18-33(56)57)48-35(58)26(43)16-24-19-45-20-46-24/h9-12,19-22,26-31,34,54H,4-8,13-18,43H2,1-3H3,(H2,44,55)(H,45,46)(H,47,59)(H,48,58)(H,49,61)(H,50,60)(H,51,62)(H,56,57)(H,65,66)/t21-,22-,26-,27-,28-,29-,30-,31-,34-/m0/s1. The summed E-state index contributed by atoms with van der Waals surface area (Å²) in [5.41, 5.74) is 12.1. The molecule has 1 aromatic carbocycles. The number of phenols is 1. The van der Waals surface area contributed by atoms with E-state index in [1.165, 1.54) is 53.5 Å². The van der Waals surface area contributed by atoms with E-state index < -0.39 is 126 Å². The lowest BCUT2D eigenvalue weighted by molar-refractivity contribution is -0.146. The van der Waals surface area contributed by atoms with Crippen LogP contribution in [0.5, 0.6) is 5.75 Å². The number of primary amides is 1. The molecule has 2 aromatic rings. The minimum atomic E-state index is -1.70.